The summed E-state index contributed by atoms with van der Waals surface area (Å²) < 4.78 is 13.5. The van der Waals surface area contributed by atoms with Gasteiger partial charge in [-0.15, -0.1) is 0 Å². The Morgan fingerprint density at radius 1 is 1.50 bits per heavy atom. The highest BCUT2D eigenvalue weighted by atomic mass is 19.1. The number of halogens is 1. The molecule has 0 aliphatic carbocycles. The quantitative estimate of drug-likeness (QED) is 0.616. The molecule has 1 aliphatic rings. The van der Waals surface area contributed by atoms with Crippen LogP contribution in [-0.4, -0.2) is 55.7 Å². The summed E-state index contributed by atoms with van der Waals surface area (Å²) in [5.74, 6) is 0. The van der Waals surface area contributed by atoms with Crippen LogP contribution in [0.15, 0.2) is 0 Å². The molecule has 0 N–H and O–H groups in total. The van der Waals surface area contributed by atoms with Crippen molar-refractivity contribution in [3.63, 3.8) is 0 Å². The Balaban J connectivity index is 2.42. The molecule has 0 saturated carbocycles. The van der Waals surface area contributed by atoms with Gasteiger partial charge in [0.2, 0.25) is 0 Å². The van der Waals surface area contributed by atoms with Gasteiger partial charge in [-0.25, -0.2) is 4.39 Å². The fraction of sp³-hybridized carbons (Fsp3) is 1.00. The Morgan fingerprint density at radius 3 is 2.58 bits per heavy atom. The Morgan fingerprint density at radius 2 is 2.17 bits per heavy atom. The van der Waals surface area contributed by atoms with Gasteiger partial charge < -0.3 is 9.80 Å². The first-order valence-electron chi connectivity index (χ1n) is 4.68. The molecule has 1 saturated heterocycles. The molecule has 1 heterocycles. The maximum atomic E-state index is 13.5. The Hall–Kier alpha value is -0.150. The monoisotopic (exact) mass is 174 g/mol. The number of piperidine rings is 1. The molecule has 0 amide bonds. The van der Waals surface area contributed by atoms with Crippen LogP contribution in [0.2, 0.25) is 0 Å². The van der Waals surface area contributed by atoms with Crippen LogP contribution in [0.4, 0.5) is 4.39 Å². The van der Waals surface area contributed by atoms with Crippen LogP contribution in [0.1, 0.15) is 13.3 Å². The average Bonchev–Trinajstić information content (AvgIpc) is 2.03. The molecule has 12 heavy (non-hydrogen) atoms. The number of alkyl halides is 1. The molecule has 0 radical (unpaired) electrons. The van der Waals surface area contributed by atoms with Crippen molar-refractivity contribution in [3.8, 4) is 0 Å². The van der Waals surface area contributed by atoms with Gasteiger partial charge in [0.1, 0.15) is 6.17 Å². The summed E-state index contributed by atoms with van der Waals surface area (Å²) in [6, 6.07) is 0.132. The molecule has 0 spiro atoms. The van der Waals surface area contributed by atoms with E-state index < -0.39 is 6.17 Å². The van der Waals surface area contributed by atoms with Crippen molar-refractivity contribution >= 4 is 0 Å². The van der Waals surface area contributed by atoms with Gasteiger partial charge in [-0.2, -0.15) is 0 Å². The highest BCUT2D eigenvalue weighted by molar-refractivity contribution is 4.84. The van der Waals surface area contributed by atoms with Gasteiger partial charge in [0, 0.05) is 12.6 Å². The van der Waals surface area contributed by atoms with Crippen molar-refractivity contribution in [1.82, 2.24) is 9.80 Å². The molecule has 0 aromatic carbocycles. The predicted octanol–water partition coefficient (Wildman–Crippen LogP) is 0.980. The van der Waals surface area contributed by atoms with Crippen LogP contribution < -0.4 is 0 Å². The lowest BCUT2D eigenvalue weighted by Crippen LogP contribution is -2.50. The lowest BCUT2D eigenvalue weighted by Gasteiger charge is -2.37. The fourth-order valence-corrected chi connectivity index (χ4v) is 1.82. The summed E-state index contributed by atoms with van der Waals surface area (Å²) in [5, 5.41) is 0. The number of hydrogen-bond donors (Lipinski definition) is 0. The normalized spacial score (nSPS) is 32.8. The molecule has 0 aromatic rings. The van der Waals surface area contributed by atoms with Gasteiger partial charge in [-0.3, -0.25) is 0 Å². The third kappa shape index (κ3) is 2.17. The Kier molecular flexibility index (Phi) is 3.47. The first kappa shape index (κ1) is 9.93. The van der Waals surface area contributed by atoms with Crippen molar-refractivity contribution < 1.29 is 4.39 Å². The minimum absolute atomic E-state index is 0.132. The second-order valence-electron chi connectivity index (χ2n) is 3.73. The standard InChI is InChI=1S/C9H19FN2/c1-4-12-6-5-9(11(2)3)8(10)7-12/h8-9H,4-7H2,1-3H3. The SMILES string of the molecule is CCN1CCC(N(C)C)C(F)C1. The summed E-state index contributed by atoms with van der Waals surface area (Å²) in [6.45, 7) is 4.71. The first-order chi connectivity index (χ1) is 5.65. The molecule has 1 aliphatic heterocycles. The Labute approximate surface area is 74.3 Å². The van der Waals surface area contributed by atoms with E-state index in [0.29, 0.717) is 6.54 Å². The first-order valence-corrected chi connectivity index (χ1v) is 4.68. The fourth-order valence-electron chi connectivity index (χ4n) is 1.82. The van der Waals surface area contributed by atoms with Gasteiger partial charge in [-0.05, 0) is 33.6 Å². The van der Waals surface area contributed by atoms with Crippen LogP contribution in [0, 0.1) is 0 Å². The van der Waals surface area contributed by atoms with E-state index in [2.05, 4.69) is 11.8 Å². The smallest absolute Gasteiger partial charge is 0.128 e. The number of rotatable bonds is 2. The van der Waals surface area contributed by atoms with Crippen molar-refractivity contribution in [2.45, 2.75) is 25.6 Å². The summed E-state index contributed by atoms with van der Waals surface area (Å²) in [7, 11) is 3.91. The minimum atomic E-state index is -0.673. The van der Waals surface area contributed by atoms with E-state index >= 15 is 0 Å². The zero-order chi connectivity index (χ0) is 9.14. The van der Waals surface area contributed by atoms with Gasteiger partial charge >= 0.3 is 0 Å². The van der Waals surface area contributed by atoms with E-state index in [1.54, 1.807) is 0 Å². The van der Waals surface area contributed by atoms with Crippen LogP contribution in [0.5, 0.6) is 0 Å². The molecule has 72 valence electrons. The molecule has 1 rings (SSSR count). The molecule has 2 atom stereocenters. The lowest BCUT2D eigenvalue weighted by atomic mass is 10.0. The van der Waals surface area contributed by atoms with Crippen LogP contribution in [-0.2, 0) is 0 Å². The maximum absolute atomic E-state index is 13.5. The van der Waals surface area contributed by atoms with Gasteiger partial charge in [0.15, 0.2) is 0 Å². The molecular formula is C9H19FN2. The van der Waals surface area contributed by atoms with E-state index in [9.17, 15) is 4.39 Å². The maximum Gasteiger partial charge on any atom is 0.128 e. The number of nitrogens with zero attached hydrogens (tertiary/aromatic N) is 2. The van der Waals surface area contributed by atoms with Crippen molar-refractivity contribution in [2.24, 2.45) is 0 Å². The molecular weight excluding hydrogens is 155 g/mol. The van der Waals surface area contributed by atoms with E-state index in [-0.39, 0.29) is 6.04 Å². The van der Waals surface area contributed by atoms with E-state index in [1.165, 1.54) is 0 Å². The average molecular weight is 174 g/mol. The van der Waals surface area contributed by atoms with E-state index in [1.807, 2.05) is 19.0 Å². The lowest BCUT2D eigenvalue weighted by molar-refractivity contribution is 0.0609. The molecule has 3 heteroatoms. The number of likely N-dealkylation sites (tertiary alicyclic amines) is 1. The molecule has 1 fully saturated rings. The second kappa shape index (κ2) is 4.19. The summed E-state index contributed by atoms with van der Waals surface area (Å²) in [4.78, 5) is 4.17. The third-order valence-corrected chi connectivity index (χ3v) is 2.70. The number of hydrogen-bond acceptors (Lipinski definition) is 2. The van der Waals surface area contributed by atoms with Gasteiger partial charge in [-0.1, -0.05) is 6.92 Å². The minimum Gasteiger partial charge on any atom is -0.303 e. The largest absolute Gasteiger partial charge is 0.303 e. The van der Waals surface area contributed by atoms with Crippen molar-refractivity contribution in [3.05, 3.63) is 0 Å². The molecule has 2 unspecified atom stereocenters. The summed E-state index contributed by atoms with van der Waals surface area (Å²) in [5.41, 5.74) is 0. The van der Waals surface area contributed by atoms with Crippen molar-refractivity contribution in [2.75, 3.05) is 33.7 Å². The van der Waals surface area contributed by atoms with E-state index in [4.69, 9.17) is 0 Å². The zero-order valence-corrected chi connectivity index (χ0v) is 8.26. The van der Waals surface area contributed by atoms with Crippen LogP contribution in [0.3, 0.4) is 0 Å². The van der Waals surface area contributed by atoms with E-state index in [0.717, 1.165) is 19.5 Å². The zero-order valence-electron chi connectivity index (χ0n) is 8.26. The highest BCUT2D eigenvalue weighted by Crippen LogP contribution is 2.17. The second-order valence-corrected chi connectivity index (χ2v) is 3.73. The van der Waals surface area contributed by atoms with Crippen molar-refractivity contribution in [1.29, 1.82) is 0 Å². The van der Waals surface area contributed by atoms with Gasteiger partial charge in [0.25, 0.3) is 0 Å². The Bertz CT molecular complexity index is 138. The predicted molar refractivity (Wildman–Crippen MR) is 49.1 cm³/mol. The topological polar surface area (TPSA) is 6.48 Å². The highest BCUT2D eigenvalue weighted by Gasteiger charge is 2.29. The third-order valence-electron chi connectivity index (χ3n) is 2.70. The van der Waals surface area contributed by atoms with Gasteiger partial charge in [0.05, 0.1) is 0 Å². The molecule has 2 nitrogen and oxygen atoms in total. The summed E-state index contributed by atoms with van der Waals surface area (Å²) >= 11 is 0. The molecule has 0 bridgehead atoms. The van der Waals surface area contributed by atoms with Crippen LogP contribution >= 0.6 is 0 Å². The van der Waals surface area contributed by atoms with Crippen LogP contribution in [0.25, 0.3) is 0 Å². The summed E-state index contributed by atoms with van der Waals surface area (Å²) in [6.07, 6.45) is 0.288. The molecule has 0 aromatic heterocycles.